The fourth-order valence-electron chi connectivity index (χ4n) is 2.14. The van der Waals surface area contributed by atoms with Crippen LogP contribution in [-0.4, -0.2) is 18.9 Å². The van der Waals surface area contributed by atoms with Crippen LogP contribution >= 0.6 is 22.7 Å². The lowest BCUT2D eigenvalue weighted by molar-refractivity contribution is -0.113. The van der Waals surface area contributed by atoms with Crippen molar-refractivity contribution in [2.75, 3.05) is 12.4 Å². The van der Waals surface area contributed by atoms with E-state index in [2.05, 4.69) is 10.6 Å². The summed E-state index contributed by atoms with van der Waals surface area (Å²) in [6.07, 6.45) is 1.66. The molecule has 1 aromatic carbocycles. The quantitative estimate of drug-likeness (QED) is 0.625. The lowest BCUT2D eigenvalue weighted by atomic mass is 10.2. The molecule has 2 heterocycles. The Labute approximate surface area is 158 Å². The fourth-order valence-corrected chi connectivity index (χ4v) is 3.41. The van der Waals surface area contributed by atoms with Crippen LogP contribution < -0.4 is 15.4 Å². The molecule has 0 saturated carbocycles. The number of thiophene rings is 2. The molecule has 0 radical (unpaired) electrons. The van der Waals surface area contributed by atoms with E-state index in [0.717, 1.165) is 4.88 Å². The molecule has 0 saturated heterocycles. The maximum atomic E-state index is 12.7. The topological polar surface area (TPSA) is 67.4 Å². The van der Waals surface area contributed by atoms with Crippen LogP contribution in [0.15, 0.2) is 65.0 Å². The molecule has 2 N–H and O–H groups in total. The highest BCUT2D eigenvalue weighted by atomic mass is 32.1. The zero-order chi connectivity index (χ0) is 18.4. The molecule has 0 aliphatic rings. The van der Waals surface area contributed by atoms with Gasteiger partial charge >= 0.3 is 0 Å². The van der Waals surface area contributed by atoms with E-state index in [-0.39, 0.29) is 11.6 Å². The Morgan fingerprint density at radius 2 is 1.73 bits per heavy atom. The van der Waals surface area contributed by atoms with Gasteiger partial charge in [-0.05, 0) is 53.2 Å². The Morgan fingerprint density at radius 3 is 2.35 bits per heavy atom. The molecule has 7 heteroatoms. The minimum atomic E-state index is -0.395. The number of benzene rings is 1. The molecule has 0 fully saturated rings. The first kappa shape index (κ1) is 17.9. The summed E-state index contributed by atoms with van der Waals surface area (Å²) in [5.74, 6) is -0.00971. The van der Waals surface area contributed by atoms with Gasteiger partial charge in [-0.15, -0.1) is 22.7 Å². The van der Waals surface area contributed by atoms with Crippen LogP contribution in [0.25, 0.3) is 6.08 Å². The number of rotatable bonds is 6. The minimum Gasteiger partial charge on any atom is -0.497 e. The number of methoxy groups -OCH3 is 1. The summed E-state index contributed by atoms with van der Waals surface area (Å²) in [5, 5.41) is 9.21. The number of anilines is 1. The summed E-state index contributed by atoms with van der Waals surface area (Å²) in [5.41, 5.74) is 0.792. The summed E-state index contributed by atoms with van der Waals surface area (Å²) in [7, 11) is 1.58. The van der Waals surface area contributed by atoms with Crippen LogP contribution in [0.1, 0.15) is 14.5 Å². The first-order valence-corrected chi connectivity index (χ1v) is 9.47. The second-order valence-electron chi connectivity index (χ2n) is 5.19. The standard InChI is InChI=1S/C19H16N2O3S2/c1-24-14-8-6-13(7-9-14)20-18(22)16(12-15-4-2-10-25-15)21-19(23)17-5-3-11-26-17/h2-12H,1H3,(H,20,22)(H,21,23)/b16-12-. The molecule has 3 aromatic rings. The third-order valence-corrected chi connectivity index (χ3v) is 5.10. The molecule has 26 heavy (non-hydrogen) atoms. The molecular weight excluding hydrogens is 368 g/mol. The average Bonchev–Trinajstić information content (AvgIpc) is 3.35. The largest absolute Gasteiger partial charge is 0.497 e. The Bertz CT molecular complexity index is 899. The summed E-state index contributed by atoms with van der Waals surface area (Å²) < 4.78 is 5.11. The maximum Gasteiger partial charge on any atom is 0.272 e. The Morgan fingerprint density at radius 1 is 1.00 bits per heavy atom. The number of carbonyl (C=O) groups is 2. The fraction of sp³-hybridized carbons (Fsp3) is 0.0526. The van der Waals surface area contributed by atoms with Crippen LogP contribution in [-0.2, 0) is 4.79 Å². The average molecular weight is 384 g/mol. The van der Waals surface area contributed by atoms with Crippen molar-refractivity contribution in [3.63, 3.8) is 0 Å². The van der Waals surface area contributed by atoms with Crippen LogP contribution in [0.3, 0.4) is 0 Å². The van der Waals surface area contributed by atoms with Crippen LogP contribution in [0, 0.1) is 0 Å². The van der Waals surface area contributed by atoms with Gasteiger partial charge in [0, 0.05) is 10.6 Å². The van der Waals surface area contributed by atoms with Crippen molar-refractivity contribution in [1.82, 2.24) is 5.32 Å². The second kappa shape index (κ2) is 8.46. The monoisotopic (exact) mass is 384 g/mol. The Hall–Kier alpha value is -2.90. The molecule has 5 nitrogen and oxygen atoms in total. The number of carbonyl (C=O) groups excluding carboxylic acids is 2. The molecule has 2 amide bonds. The summed E-state index contributed by atoms with van der Waals surface area (Å²) in [4.78, 5) is 26.4. The highest BCUT2D eigenvalue weighted by molar-refractivity contribution is 7.12. The van der Waals surface area contributed by atoms with E-state index in [1.807, 2.05) is 22.9 Å². The van der Waals surface area contributed by atoms with E-state index in [1.165, 1.54) is 22.7 Å². The van der Waals surface area contributed by atoms with E-state index < -0.39 is 5.91 Å². The van der Waals surface area contributed by atoms with Gasteiger partial charge < -0.3 is 15.4 Å². The normalized spacial score (nSPS) is 11.0. The van der Waals surface area contributed by atoms with Crippen molar-refractivity contribution >= 4 is 46.3 Å². The van der Waals surface area contributed by atoms with Crippen molar-refractivity contribution in [3.05, 3.63) is 74.7 Å². The van der Waals surface area contributed by atoms with Gasteiger partial charge in [0.15, 0.2) is 0 Å². The van der Waals surface area contributed by atoms with Gasteiger partial charge in [-0.1, -0.05) is 12.1 Å². The predicted octanol–water partition coefficient (Wildman–Crippen LogP) is 4.23. The van der Waals surface area contributed by atoms with Crippen LogP contribution in [0.4, 0.5) is 5.69 Å². The zero-order valence-electron chi connectivity index (χ0n) is 13.9. The van der Waals surface area contributed by atoms with Gasteiger partial charge in [0.05, 0.1) is 12.0 Å². The van der Waals surface area contributed by atoms with E-state index in [1.54, 1.807) is 49.6 Å². The molecule has 0 bridgehead atoms. The van der Waals surface area contributed by atoms with Gasteiger partial charge in [-0.25, -0.2) is 0 Å². The highest BCUT2D eigenvalue weighted by Gasteiger charge is 2.16. The van der Waals surface area contributed by atoms with Gasteiger partial charge in [-0.3, -0.25) is 9.59 Å². The van der Waals surface area contributed by atoms with Crippen molar-refractivity contribution in [2.45, 2.75) is 0 Å². The van der Waals surface area contributed by atoms with Crippen molar-refractivity contribution in [3.8, 4) is 5.75 Å². The zero-order valence-corrected chi connectivity index (χ0v) is 15.5. The SMILES string of the molecule is COc1ccc(NC(=O)/C(=C/c2cccs2)NC(=O)c2cccs2)cc1. The molecule has 132 valence electrons. The first-order chi connectivity index (χ1) is 12.7. The lowest BCUT2D eigenvalue weighted by Crippen LogP contribution is -2.30. The second-order valence-corrected chi connectivity index (χ2v) is 7.11. The van der Waals surface area contributed by atoms with Crippen molar-refractivity contribution < 1.29 is 14.3 Å². The lowest BCUT2D eigenvalue weighted by Gasteiger charge is -2.10. The smallest absolute Gasteiger partial charge is 0.272 e. The van der Waals surface area contributed by atoms with Crippen LogP contribution in [0.5, 0.6) is 5.75 Å². The van der Waals surface area contributed by atoms with Gasteiger partial charge in [-0.2, -0.15) is 0 Å². The van der Waals surface area contributed by atoms with Gasteiger partial charge in [0.1, 0.15) is 11.4 Å². The van der Waals surface area contributed by atoms with E-state index in [9.17, 15) is 9.59 Å². The van der Waals surface area contributed by atoms with E-state index in [0.29, 0.717) is 16.3 Å². The highest BCUT2D eigenvalue weighted by Crippen LogP contribution is 2.18. The predicted molar refractivity (Wildman–Crippen MR) is 106 cm³/mol. The molecule has 0 spiro atoms. The van der Waals surface area contributed by atoms with Crippen molar-refractivity contribution in [2.24, 2.45) is 0 Å². The number of hydrogen-bond donors (Lipinski definition) is 2. The number of hydrogen-bond acceptors (Lipinski definition) is 5. The summed E-state index contributed by atoms with van der Waals surface area (Å²) in [6, 6.07) is 14.2. The van der Waals surface area contributed by atoms with Crippen molar-refractivity contribution in [1.29, 1.82) is 0 Å². The summed E-state index contributed by atoms with van der Waals surface area (Å²) >= 11 is 2.80. The molecule has 0 unspecified atom stereocenters. The maximum absolute atomic E-state index is 12.7. The molecule has 2 aromatic heterocycles. The first-order valence-electron chi connectivity index (χ1n) is 7.71. The Balaban J connectivity index is 1.79. The van der Waals surface area contributed by atoms with E-state index >= 15 is 0 Å². The van der Waals surface area contributed by atoms with E-state index in [4.69, 9.17) is 4.74 Å². The van der Waals surface area contributed by atoms with Gasteiger partial charge in [0.25, 0.3) is 11.8 Å². The molecule has 0 aliphatic heterocycles. The number of nitrogens with one attached hydrogen (secondary N) is 2. The summed E-state index contributed by atoms with van der Waals surface area (Å²) in [6.45, 7) is 0. The third-order valence-electron chi connectivity index (χ3n) is 3.42. The molecule has 0 aliphatic carbocycles. The molecule has 0 atom stereocenters. The molecular formula is C19H16N2O3S2. The molecule has 3 rings (SSSR count). The third kappa shape index (κ3) is 4.59. The number of ether oxygens (including phenoxy) is 1. The Kier molecular flexibility index (Phi) is 5.83. The minimum absolute atomic E-state index is 0.182. The van der Waals surface area contributed by atoms with Crippen LogP contribution in [0.2, 0.25) is 0 Å². The number of amides is 2. The van der Waals surface area contributed by atoms with Gasteiger partial charge in [0.2, 0.25) is 0 Å².